The van der Waals surface area contributed by atoms with Crippen LogP contribution in [-0.2, 0) is 18.9 Å². The minimum atomic E-state index is -0.204. The summed E-state index contributed by atoms with van der Waals surface area (Å²) < 4.78 is 21.1. The molecule has 0 spiro atoms. The van der Waals surface area contributed by atoms with Gasteiger partial charge >= 0.3 is 0 Å². The summed E-state index contributed by atoms with van der Waals surface area (Å²) in [7, 11) is 0. The van der Waals surface area contributed by atoms with Gasteiger partial charge in [-0.25, -0.2) is 0 Å². The van der Waals surface area contributed by atoms with Gasteiger partial charge in [-0.1, -0.05) is 0 Å². The molecule has 5 heteroatoms. The van der Waals surface area contributed by atoms with Crippen LogP contribution in [0.15, 0.2) is 25.0 Å². The lowest BCUT2D eigenvalue weighted by atomic mass is 10.2. The highest BCUT2D eigenvalue weighted by Crippen LogP contribution is 2.25. The maximum Gasteiger partial charge on any atom is 0.254 e. The summed E-state index contributed by atoms with van der Waals surface area (Å²) in [4.78, 5) is 0. The van der Waals surface area contributed by atoms with Crippen molar-refractivity contribution in [3.05, 3.63) is 25.0 Å². The Kier molecular flexibility index (Phi) is 2.17. The first-order valence-corrected chi connectivity index (χ1v) is 5.11. The molecule has 1 N–H and O–H groups in total. The third-order valence-corrected chi connectivity index (χ3v) is 2.84. The highest BCUT2D eigenvalue weighted by molar-refractivity contribution is 4.92. The molecule has 82 valence electrons. The van der Waals surface area contributed by atoms with Crippen LogP contribution < -0.4 is 5.32 Å². The van der Waals surface area contributed by atoms with Crippen molar-refractivity contribution in [2.45, 2.75) is 37.5 Å². The zero-order chi connectivity index (χ0) is 10.1. The fourth-order valence-corrected chi connectivity index (χ4v) is 2.11. The second-order valence-corrected chi connectivity index (χ2v) is 3.78. The number of rotatable bonds is 2. The molecule has 3 aliphatic rings. The van der Waals surface area contributed by atoms with E-state index in [-0.39, 0.29) is 24.7 Å². The van der Waals surface area contributed by atoms with E-state index in [1.165, 1.54) is 0 Å². The van der Waals surface area contributed by atoms with Gasteiger partial charge in [0.15, 0.2) is 0 Å². The smallest absolute Gasteiger partial charge is 0.254 e. The molecule has 5 nitrogen and oxygen atoms in total. The molecule has 0 saturated carbocycles. The largest absolute Gasteiger partial charge is 0.458 e. The lowest BCUT2D eigenvalue weighted by Gasteiger charge is -2.21. The molecule has 2 unspecified atom stereocenters. The Morgan fingerprint density at radius 2 is 1.13 bits per heavy atom. The maximum absolute atomic E-state index is 5.29. The van der Waals surface area contributed by atoms with Crippen LogP contribution >= 0.6 is 0 Å². The van der Waals surface area contributed by atoms with Gasteiger partial charge in [-0.3, -0.25) is 5.32 Å². The Bertz CT molecular complexity index is 247. The van der Waals surface area contributed by atoms with E-state index >= 15 is 0 Å². The predicted octanol–water partition coefficient (Wildman–Crippen LogP) is 0.795. The van der Waals surface area contributed by atoms with Gasteiger partial charge in [0.2, 0.25) is 0 Å². The molecular formula is C10H13NO4. The molecule has 3 heterocycles. The van der Waals surface area contributed by atoms with Crippen LogP contribution in [0.1, 0.15) is 12.8 Å². The van der Waals surface area contributed by atoms with Gasteiger partial charge < -0.3 is 18.9 Å². The van der Waals surface area contributed by atoms with Crippen molar-refractivity contribution < 1.29 is 18.9 Å². The van der Waals surface area contributed by atoms with E-state index < -0.39 is 0 Å². The van der Waals surface area contributed by atoms with E-state index in [1.54, 1.807) is 25.0 Å². The molecule has 3 rings (SSSR count). The first-order valence-electron chi connectivity index (χ1n) is 5.11. The number of ether oxygens (including phenoxy) is 4. The summed E-state index contributed by atoms with van der Waals surface area (Å²) in [5.41, 5.74) is 0. The first kappa shape index (κ1) is 8.91. The summed E-state index contributed by atoms with van der Waals surface area (Å²) >= 11 is 0. The second-order valence-electron chi connectivity index (χ2n) is 3.78. The van der Waals surface area contributed by atoms with E-state index in [4.69, 9.17) is 18.9 Å². The van der Waals surface area contributed by atoms with Crippen LogP contribution in [0.5, 0.6) is 0 Å². The molecule has 2 atom stereocenters. The fraction of sp³-hybridized carbons (Fsp3) is 0.600. The SMILES string of the molecule is C1=COC(C2CCC(C3OC=CO3)N2)O1. The van der Waals surface area contributed by atoms with Crippen LogP contribution in [0, 0.1) is 0 Å². The zero-order valence-electron chi connectivity index (χ0n) is 8.17. The van der Waals surface area contributed by atoms with E-state index in [0.717, 1.165) is 12.8 Å². The lowest BCUT2D eigenvalue weighted by Crippen LogP contribution is -2.43. The summed E-state index contributed by atoms with van der Waals surface area (Å²) in [6, 6.07) is 0.413. The van der Waals surface area contributed by atoms with E-state index in [2.05, 4.69) is 5.32 Å². The minimum Gasteiger partial charge on any atom is -0.458 e. The van der Waals surface area contributed by atoms with Crippen molar-refractivity contribution in [2.24, 2.45) is 0 Å². The number of nitrogens with one attached hydrogen (secondary N) is 1. The molecule has 0 aromatic heterocycles. The summed E-state index contributed by atoms with van der Waals surface area (Å²) in [5.74, 6) is 0. The van der Waals surface area contributed by atoms with Gasteiger partial charge in [0.1, 0.15) is 25.0 Å². The third kappa shape index (κ3) is 1.63. The van der Waals surface area contributed by atoms with Crippen molar-refractivity contribution >= 4 is 0 Å². The quantitative estimate of drug-likeness (QED) is 0.732. The van der Waals surface area contributed by atoms with Gasteiger partial charge in [0, 0.05) is 0 Å². The van der Waals surface area contributed by atoms with Crippen molar-refractivity contribution in [3.8, 4) is 0 Å². The molecule has 0 radical (unpaired) electrons. The molecule has 3 aliphatic heterocycles. The van der Waals surface area contributed by atoms with Gasteiger partial charge in [-0.2, -0.15) is 0 Å². The van der Waals surface area contributed by atoms with Crippen LogP contribution in [0.4, 0.5) is 0 Å². The molecular weight excluding hydrogens is 198 g/mol. The molecule has 1 saturated heterocycles. The van der Waals surface area contributed by atoms with Gasteiger partial charge in [-0.05, 0) is 12.8 Å². The topological polar surface area (TPSA) is 49.0 Å². The normalized spacial score (nSPS) is 34.9. The van der Waals surface area contributed by atoms with Crippen LogP contribution in [0.2, 0.25) is 0 Å². The highest BCUT2D eigenvalue weighted by atomic mass is 16.7. The summed E-state index contributed by atoms with van der Waals surface area (Å²) in [5, 5.41) is 3.39. The summed E-state index contributed by atoms with van der Waals surface area (Å²) in [6.07, 6.45) is 7.88. The van der Waals surface area contributed by atoms with E-state index in [0.29, 0.717) is 0 Å². The molecule has 0 aromatic carbocycles. The van der Waals surface area contributed by atoms with Crippen molar-refractivity contribution in [3.63, 3.8) is 0 Å². The average molecular weight is 211 g/mol. The van der Waals surface area contributed by atoms with Crippen molar-refractivity contribution in [1.29, 1.82) is 0 Å². The van der Waals surface area contributed by atoms with Crippen LogP contribution in [0.25, 0.3) is 0 Å². The Labute approximate surface area is 87.6 Å². The predicted molar refractivity (Wildman–Crippen MR) is 50.1 cm³/mol. The molecule has 15 heavy (non-hydrogen) atoms. The Balaban J connectivity index is 1.54. The van der Waals surface area contributed by atoms with Crippen molar-refractivity contribution in [1.82, 2.24) is 5.32 Å². The average Bonchev–Trinajstić information content (AvgIpc) is 3.02. The molecule has 0 aromatic rings. The van der Waals surface area contributed by atoms with Crippen LogP contribution in [-0.4, -0.2) is 24.7 Å². The Morgan fingerprint density at radius 1 is 0.733 bits per heavy atom. The summed E-state index contributed by atoms with van der Waals surface area (Å²) in [6.45, 7) is 0. The minimum absolute atomic E-state index is 0.204. The standard InChI is InChI=1S/C10H13NO4/c1-2-8(10-14-5-6-15-10)11-7(1)9-12-3-4-13-9/h3-11H,1-2H2. The molecule has 0 amide bonds. The first-order chi connectivity index (χ1) is 7.43. The number of hydrogen-bond acceptors (Lipinski definition) is 5. The zero-order valence-corrected chi connectivity index (χ0v) is 8.17. The Hall–Kier alpha value is -1.36. The molecule has 0 aliphatic carbocycles. The van der Waals surface area contributed by atoms with Gasteiger partial charge in [-0.15, -0.1) is 0 Å². The lowest BCUT2D eigenvalue weighted by molar-refractivity contribution is -0.0644. The van der Waals surface area contributed by atoms with E-state index in [9.17, 15) is 0 Å². The second kappa shape index (κ2) is 3.66. The molecule has 1 fully saturated rings. The monoisotopic (exact) mass is 211 g/mol. The number of hydrogen-bond donors (Lipinski definition) is 1. The Morgan fingerprint density at radius 3 is 1.53 bits per heavy atom. The molecule has 0 bridgehead atoms. The van der Waals surface area contributed by atoms with E-state index in [1.807, 2.05) is 0 Å². The highest BCUT2D eigenvalue weighted by Gasteiger charge is 2.38. The van der Waals surface area contributed by atoms with Gasteiger partial charge in [0.05, 0.1) is 12.1 Å². The maximum atomic E-state index is 5.29. The van der Waals surface area contributed by atoms with Crippen molar-refractivity contribution in [2.75, 3.05) is 0 Å². The van der Waals surface area contributed by atoms with Crippen LogP contribution in [0.3, 0.4) is 0 Å². The third-order valence-electron chi connectivity index (χ3n) is 2.84. The fourth-order valence-electron chi connectivity index (χ4n) is 2.11. The van der Waals surface area contributed by atoms with Gasteiger partial charge in [0.25, 0.3) is 12.6 Å².